The van der Waals surface area contributed by atoms with E-state index in [0.29, 0.717) is 5.69 Å². The minimum absolute atomic E-state index is 0.00423. The van der Waals surface area contributed by atoms with E-state index in [9.17, 15) is 19.1 Å². The van der Waals surface area contributed by atoms with Gasteiger partial charge in [-0.25, -0.2) is 9.37 Å². The Bertz CT molecular complexity index is 835. The van der Waals surface area contributed by atoms with Crippen molar-refractivity contribution >= 4 is 23.4 Å². The monoisotopic (exact) mass is 409 g/mol. The summed E-state index contributed by atoms with van der Waals surface area (Å²) >= 11 is 5.56. The first kappa shape index (κ1) is 21.6. The third-order valence-electron chi connectivity index (χ3n) is 3.68. The van der Waals surface area contributed by atoms with Crippen molar-refractivity contribution in [2.24, 2.45) is 0 Å². The van der Waals surface area contributed by atoms with Gasteiger partial charge in [-0.05, 0) is 37.6 Å². The first-order valence-corrected chi connectivity index (χ1v) is 8.97. The summed E-state index contributed by atoms with van der Waals surface area (Å²) in [5, 5.41) is 15.0. The van der Waals surface area contributed by atoms with Crippen LogP contribution in [0.25, 0.3) is 0 Å². The molecular weight excluding hydrogens is 389 g/mol. The van der Waals surface area contributed by atoms with E-state index in [4.69, 9.17) is 16.3 Å². The van der Waals surface area contributed by atoms with Crippen molar-refractivity contribution in [2.45, 2.75) is 19.4 Å². The van der Waals surface area contributed by atoms with Crippen LogP contribution in [-0.4, -0.2) is 47.7 Å². The Morgan fingerprint density at radius 1 is 1.29 bits per heavy atom. The fourth-order valence-corrected chi connectivity index (χ4v) is 2.33. The SMILES string of the molecule is Cc1cccc(C(=O)NCCC(O)CNC(=O)COc2ccc(Cl)c(F)c2)n1. The van der Waals surface area contributed by atoms with Crippen molar-refractivity contribution in [3.05, 3.63) is 58.6 Å². The topological polar surface area (TPSA) is 101 Å². The molecule has 0 aliphatic carbocycles. The van der Waals surface area contributed by atoms with Gasteiger partial charge in [-0.2, -0.15) is 0 Å². The van der Waals surface area contributed by atoms with E-state index < -0.39 is 17.8 Å². The summed E-state index contributed by atoms with van der Waals surface area (Å²) < 4.78 is 18.4. The second kappa shape index (κ2) is 10.6. The van der Waals surface area contributed by atoms with Crippen molar-refractivity contribution < 1.29 is 23.8 Å². The molecule has 0 saturated carbocycles. The smallest absolute Gasteiger partial charge is 0.269 e. The molecule has 0 radical (unpaired) electrons. The van der Waals surface area contributed by atoms with Gasteiger partial charge in [0, 0.05) is 24.8 Å². The van der Waals surface area contributed by atoms with Crippen LogP contribution in [0.15, 0.2) is 36.4 Å². The summed E-state index contributed by atoms with van der Waals surface area (Å²) in [5.74, 6) is -1.27. The molecule has 1 aromatic carbocycles. The first-order valence-electron chi connectivity index (χ1n) is 8.59. The maximum Gasteiger partial charge on any atom is 0.269 e. The number of halogens is 2. The van der Waals surface area contributed by atoms with E-state index in [-0.39, 0.29) is 42.8 Å². The number of amides is 2. The number of carbonyl (C=O) groups excluding carboxylic acids is 2. The van der Waals surface area contributed by atoms with Crippen LogP contribution < -0.4 is 15.4 Å². The van der Waals surface area contributed by atoms with Gasteiger partial charge in [-0.15, -0.1) is 0 Å². The minimum atomic E-state index is -0.845. The van der Waals surface area contributed by atoms with E-state index in [2.05, 4.69) is 15.6 Å². The van der Waals surface area contributed by atoms with E-state index in [0.717, 1.165) is 11.8 Å². The average Bonchev–Trinajstić information content (AvgIpc) is 2.67. The number of ether oxygens (including phenoxy) is 1. The van der Waals surface area contributed by atoms with E-state index in [1.165, 1.54) is 12.1 Å². The van der Waals surface area contributed by atoms with Gasteiger partial charge in [0.25, 0.3) is 11.8 Å². The molecule has 28 heavy (non-hydrogen) atoms. The third kappa shape index (κ3) is 7.13. The zero-order chi connectivity index (χ0) is 20.5. The number of carbonyl (C=O) groups is 2. The molecule has 1 heterocycles. The molecule has 3 N–H and O–H groups in total. The Balaban J connectivity index is 1.63. The number of aryl methyl sites for hydroxylation is 1. The Morgan fingerprint density at radius 2 is 2.07 bits per heavy atom. The zero-order valence-electron chi connectivity index (χ0n) is 15.2. The van der Waals surface area contributed by atoms with E-state index >= 15 is 0 Å². The van der Waals surface area contributed by atoms with Crippen molar-refractivity contribution in [3.63, 3.8) is 0 Å². The van der Waals surface area contributed by atoms with Crippen molar-refractivity contribution in [2.75, 3.05) is 19.7 Å². The standard InChI is InChI=1S/C19H21ClFN3O4/c1-12-3-2-4-17(24-12)19(27)22-8-7-13(25)10-23-18(26)11-28-14-5-6-15(20)16(21)9-14/h2-6,9,13,25H,7-8,10-11H2,1H3,(H,22,27)(H,23,26). The van der Waals surface area contributed by atoms with Crippen LogP contribution in [0.5, 0.6) is 5.75 Å². The first-order chi connectivity index (χ1) is 13.3. The van der Waals surface area contributed by atoms with Crippen LogP contribution >= 0.6 is 11.6 Å². The average molecular weight is 410 g/mol. The minimum Gasteiger partial charge on any atom is -0.484 e. The number of hydrogen-bond acceptors (Lipinski definition) is 5. The molecule has 0 fully saturated rings. The van der Waals surface area contributed by atoms with Gasteiger partial charge in [0.2, 0.25) is 0 Å². The maximum atomic E-state index is 13.3. The van der Waals surface area contributed by atoms with Crippen LogP contribution in [0.1, 0.15) is 22.6 Å². The van der Waals surface area contributed by atoms with Crippen LogP contribution in [0.2, 0.25) is 5.02 Å². The van der Waals surface area contributed by atoms with Crippen LogP contribution in [0, 0.1) is 12.7 Å². The van der Waals surface area contributed by atoms with Crippen LogP contribution in [0.4, 0.5) is 4.39 Å². The molecule has 2 rings (SSSR count). The molecular formula is C19H21ClFN3O4. The van der Waals surface area contributed by atoms with Gasteiger partial charge in [0.1, 0.15) is 17.3 Å². The van der Waals surface area contributed by atoms with E-state index in [1.807, 2.05) is 0 Å². The molecule has 0 bridgehead atoms. The molecule has 1 atom stereocenters. The van der Waals surface area contributed by atoms with Crippen molar-refractivity contribution in [1.82, 2.24) is 15.6 Å². The van der Waals surface area contributed by atoms with Crippen LogP contribution in [-0.2, 0) is 4.79 Å². The lowest BCUT2D eigenvalue weighted by Crippen LogP contribution is -2.37. The number of pyridine rings is 1. The summed E-state index contributed by atoms with van der Waals surface area (Å²) in [5.41, 5.74) is 1.04. The summed E-state index contributed by atoms with van der Waals surface area (Å²) in [7, 11) is 0. The van der Waals surface area contributed by atoms with Gasteiger partial charge in [0.05, 0.1) is 11.1 Å². The summed E-state index contributed by atoms with van der Waals surface area (Å²) in [6.07, 6.45) is -0.594. The molecule has 1 aromatic heterocycles. The summed E-state index contributed by atoms with van der Waals surface area (Å²) in [4.78, 5) is 27.8. The lowest BCUT2D eigenvalue weighted by atomic mass is 10.2. The largest absolute Gasteiger partial charge is 0.484 e. The van der Waals surface area contributed by atoms with Gasteiger partial charge in [-0.1, -0.05) is 17.7 Å². The zero-order valence-corrected chi connectivity index (χ0v) is 16.0. The van der Waals surface area contributed by atoms with Crippen LogP contribution in [0.3, 0.4) is 0 Å². The van der Waals surface area contributed by atoms with E-state index in [1.54, 1.807) is 25.1 Å². The lowest BCUT2D eigenvalue weighted by molar-refractivity contribution is -0.123. The quantitative estimate of drug-likeness (QED) is 0.587. The second-order valence-electron chi connectivity index (χ2n) is 6.03. The highest BCUT2D eigenvalue weighted by atomic mass is 35.5. The van der Waals surface area contributed by atoms with Crippen molar-refractivity contribution in [1.29, 1.82) is 0 Å². The number of nitrogens with zero attached hydrogens (tertiary/aromatic N) is 1. The number of aromatic nitrogens is 1. The number of benzene rings is 1. The van der Waals surface area contributed by atoms with Crippen molar-refractivity contribution in [3.8, 4) is 5.75 Å². The third-order valence-corrected chi connectivity index (χ3v) is 3.99. The predicted molar refractivity (Wildman–Crippen MR) is 102 cm³/mol. The number of nitrogens with one attached hydrogen (secondary N) is 2. The molecule has 0 aliphatic heterocycles. The second-order valence-corrected chi connectivity index (χ2v) is 6.44. The van der Waals surface area contributed by atoms with Gasteiger partial charge >= 0.3 is 0 Å². The Hall–Kier alpha value is -2.71. The van der Waals surface area contributed by atoms with Gasteiger partial charge in [-0.3, -0.25) is 9.59 Å². The highest BCUT2D eigenvalue weighted by Gasteiger charge is 2.11. The fourth-order valence-electron chi connectivity index (χ4n) is 2.21. The molecule has 2 amide bonds. The summed E-state index contributed by atoms with van der Waals surface area (Å²) in [6.45, 7) is 1.68. The molecule has 2 aromatic rings. The molecule has 150 valence electrons. The Labute approximate surface area is 166 Å². The lowest BCUT2D eigenvalue weighted by Gasteiger charge is -2.13. The molecule has 0 aliphatic rings. The highest BCUT2D eigenvalue weighted by molar-refractivity contribution is 6.30. The number of hydrogen-bond donors (Lipinski definition) is 3. The fraction of sp³-hybridized carbons (Fsp3) is 0.316. The maximum absolute atomic E-state index is 13.3. The highest BCUT2D eigenvalue weighted by Crippen LogP contribution is 2.20. The van der Waals surface area contributed by atoms with Gasteiger partial charge in [0.15, 0.2) is 6.61 Å². The molecule has 9 heteroatoms. The Morgan fingerprint density at radius 3 is 2.79 bits per heavy atom. The molecule has 0 spiro atoms. The summed E-state index contributed by atoms with van der Waals surface area (Å²) in [6, 6.07) is 8.98. The number of aliphatic hydroxyl groups is 1. The predicted octanol–water partition coefficient (Wildman–Crippen LogP) is 1.86. The normalized spacial score (nSPS) is 11.6. The molecule has 1 unspecified atom stereocenters. The molecule has 0 saturated heterocycles. The number of aliphatic hydroxyl groups excluding tert-OH is 1. The number of rotatable bonds is 9. The van der Waals surface area contributed by atoms with Gasteiger partial charge < -0.3 is 20.5 Å². The Kier molecular flexibility index (Phi) is 8.16. The molecule has 7 nitrogen and oxygen atoms in total.